The highest BCUT2D eigenvalue weighted by molar-refractivity contribution is 6.02. The maximum absolute atomic E-state index is 12.3. The van der Waals surface area contributed by atoms with E-state index in [4.69, 9.17) is 9.72 Å². The molecule has 38 heavy (non-hydrogen) atoms. The van der Waals surface area contributed by atoms with Gasteiger partial charge >= 0.3 is 0 Å². The first-order chi connectivity index (χ1) is 18.3. The van der Waals surface area contributed by atoms with Crippen LogP contribution in [0.3, 0.4) is 0 Å². The van der Waals surface area contributed by atoms with Gasteiger partial charge in [0.15, 0.2) is 0 Å². The first-order valence-corrected chi connectivity index (χ1v) is 12.5. The number of para-hydroxylation sites is 1. The van der Waals surface area contributed by atoms with Crippen LogP contribution in [0.15, 0.2) is 67.5 Å². The first-order valence-electron chi connectivity index (χ1n) is 12.5. The number of hydrogen-bond acceptors (Lipinski definition) is 7. The zero-order valence-corrected chi connectivity index (χ0v) is 22.7. The number of hydrogen-bond donors (Lipinski definition) is 2. The van der Waals surface area contributed by atoms with E-state index in [2.05, 4.69) is 61.8 Å². The third-order valence-corrected chi connectivity index (χ3v) is 6.38. The van der Waals surface area contributed by atoms with Crippen LogP contribution in [0.2, 0.25) is 0 Å². The molecule has 0 aliphatic rings. The Balaban J connectivity index is 1.72. The number of likely N-dealkylation sites (N-methyl/N-ethyl adjacent to an activating group) is 2. The van der Waals surface area contributed by atoms with E-state index < -0.39 is 0 Å². The number of nitrogens with zero attached hydrogens (tertiary/aromatic N) is 5. The lowest BCUT2D eigenvalue weighted by Gasteiger charge is -2.28. The van der Waals surface area contributed by atoms with E-state index in [0.29, 0.717) is 23.1 Å². The molecule has 0 fully saturated rings. The summed E-state index contributed by atoms with van der Waals surface area (Å²) >= 11 is 0. The van der Waals surface area contributed by atoms with Crippen LogP contribution in [-0.4, -0.2) is 66.2 Å². The van der Waals surface area contributed by atoms with Crippen LogP contribution in [0.25, 0.3) is 22.2 Å². The van der Waals surface area contributed by atoms with E-state index in [0.717, 1.165) is 47.5 Å². The Labute approximate surface area is 223 Å². The van der Waals surface area contributed by atoms with Gasteiger partial charge in [-0.15, -0.1) is 0 Å². The fourth-order valence-corrected chi connectivity index (χ4v) is 4.39. The van der Waals surface area contributed by atoms with Crippen molar-refractivity contribution in [2.75, 3.05) is 56.4 Å². The Kier molecular flexibility index (Phi) is 8.28. The molecule has 0 aliphatic heterocycles. The number of anilines is 4. The Morgan fingerprint density at radius 2 is 1.95 bits per heavy atom. The quantitative estimate of drug-likeness (QED) is 0.276. The van der Waals surface area contributed by atoms with Crippen LogP contribution in [0.1, 0.15) is 6.92 Å². The second-order valence-electron chi connectivity index (χ2n) is 9.21. The van der Waals surface area contributed by atoms with Crippen LogP contribution in [-0.2, 0) is 11.8 Å². The summed E-state index contributed by atoms with van der Waals surface area (Å²) in [6, 6.07) is 13.9. The monoisotopic (exact) mass is 513 g/mol. The molecule has 0 aliphatic carbocycles. The average molecular weight is 514 g/mol. The van der Waals surface area contributed by atoms with Gasteiger partial charge in [0, 0.05) is 61.6 Å². The highest BCUT2D eigenvalue weighted by atomic mass is 16.5. The molecule has 2 aromatic carbocycles. The Morgan fingerprint density at radius 3 is 2.66 bits per heavy atom. The molecule has 2 aromatic heterocycles. The van der Waals surface area contributed by atoms with Gasteiger partial charge in [0.1, 0.15) is 5.75 Å². The maximum atomic E-state index is 12.3. The minimum absolute atomic E-state index is 0.291. The van der Waals surface area contributed by atoms with Gasteiger partial charge in [-0.25, -0.2) is 9.97 Å². The fourth-order valence-electron chi connectivity index (χ4n) is 4.39. The summed E-state index contributed by atoms with van der Waals surface area (Å²) in [7, 11) is 7.72. The first kappa shape index (κ1) is 26.7. The molecule has 0 saturated heterocycles. The summed E-state index contributed by atoms with van der Waals surface area (Å²) in [5.41, 5.74) is 5.09. The van der Waals surface area contributed by atoms with Crippen molar-refractivity contribution in [2.45, 2.75) is 6.92 Å². The Hall–Kier alpha value is -4.37. The van der Waals surface area contributed by atoms with Crippen molar-refractivity contribution < 1.29 is 9.53 Å². The lowest BCUT2D eigenvalue weighted by Crippen LogP contribution is -2.32. The Bertz CT molecular complexity index is 1440. The molecular formula is C29H35N7O2. The summed E-state index contributed by atoms with van der Waals surface area (Å²) < 4.78 is 7.84. The maximum Gasteiger partial charge on any atom is 0.247 e. The SMILES string of the molecule is C=CC(=O)Nc1cc(Nc2nccc(-c3cn(C)c4ccccc34)n2)c(OC)cc1N(CC)CCN(C)C. The lowest BCUT2D eigenvalue weighted by atomic mass is 10.1. The number of carbonyl (C=O) groups excluding carboxylic acids is 1. The zero-order chi connectivity index (χ0) is 27.2. The molecule has 4 rings (SSSR count). The third kappa shape index (κ3) is 5.78. The Morgan fingerprint density at radius 1 is 1.16 bits per heavy atom. The van der Waals surface area contributed by atoms with Crippen LogP contribution in [0, 0.1) is 0 Å². The number of ether oxygens (including phenoxy) is 1. The van der Waals surface area contributed by atoms with Crippen molar-refractivity contribution in [1.29, 1.82) is 0 Å². The van der Waals surface area contributed by atoms with Crippen molar-refractivity contribution in [3.8, 4) is 17.0 Å². The molecule has 0 saturated carbocycles. The van der Waals surface area contributed by atoms with Crippen molar-refractivity contribution in [2.24, 2.45) is 7.05 Å². The highest BCUT2D eigenvalue weighted by Crippen LogP contribution is 2.38. The van der Waals surface area contributed by atoms with Crippen molar-refractivity contribution in [1.82, 2.24) is 19.4 Å². The molecule has 2 heterocycles. The van der Waals surface area contributed by atoms with Gasteiger partial charge in [-0.05, 0) is 45.3 Å². The van der Waals surface area contributed by atoms with Gasteiger partial charge in [0.2, 0.25) is 11.9 Å². The molecule has 198 valence electrons. The van der Waals surface area contributed by atoms with Gasteiger partial charge in [0.05, 0.1) is 29.9 Å². The lowest BCUT2D eigenvalue weighted by molar-refractivity contribution is -0.111. The smallest absolute Gasteiger partial charge is 0.247 e. The summed E-state index contributed by atoms with van der Waals surface area (Å²) in [5, 5.41) is 7.36. The molecule has 0 spiro atoms. The molecule has 1 amide bonds. The number of aryl methyl sites for hydroxylation is 1. The van der Waals surface area contributed by atoms with Gasteiger partial charge in [-0.3, -0.25) is 4.79 Å². The van der Waals surface area contributed by atoms with Crippen molar-refractivity contribution >= 4 is 39.8 Å². The second-order valence-corrected chi connectivity index (χ2v) is 9.21. The number of aromatic nitrogens is 3. The van der Waals surface area contributed by atoms with E-state index in [1.807, 2.05) is 51.5 Å². The van der Waals surface area contributed by atoms with Gasteiger partial charge in [0.25, 0.3) is 0 Å². The number of carbonyl (C=O) groups is 1. The van der Waals surface area contributed by atoms with Gasteiger partial charge < -0.3 is 29.7 Å². The molecule has 2 N–H and O–H groups in total. The molecule has 9 nitrogen and oxygen atoms in total. The molecule has 0 unspecified atom stereocenters. The largest absolute Gasteiger partial charge is 0.494 e. The third-order valence-electron chi connectivity index (χ3n) is 6.38. The number of fused-ring (bicyclic) bond motifs is 1. The number of benzene rings is 2. The summed E-state index contributed by atoms with van der Waals surface area (Å²) in [4.78, 5) is 25.9. The van der Waals surface area contributed by atoms with E-state index in [9.17, 15) is 4.79 Å². The fraction of sp³-hybridized carbons (Fsp3) is 0.276. The van der Waals surface area contributed by atoms with E-state index in [-0.39, 0.29) is 5.91 Å². The van der Waals surface area contributed by atoms with Gasteiger partial charge in [-0.1, -0.05) is 24.8 Å². The predicted molar refractivity (Wildman–Crippen MR) is 155 cm³/mol. The predicted octanol–water partition coefficient (Wildman–Crippen LogP) is 4.90. The van der Waals surface area contributed by atoms with Crippen molar-refractivity contribution in [3.63, 3.8) is 0 Å². The number of nitrogens with one attached hydrogen (secondary N) is 2. The normalized spacial score (nSPS) is 11.0. The van der Waals surface area contributed by atoms with Crippen LogP contribution in [0.5, 0.6) is 5.75 Å². The minimum atomic E-state index is -0.291. The molecule has 0 radical (unpaired) electrons. The number of rotatable bonds is 11. The summed E-state index contributed by atoms with van der Waals surface area (Å²) in [5.74, 6) is 0.738. The van der Waals surface area contributed by atoms with E-state index in [1.165, 1.54) is 6.08 Å². The van der Waals surface area contributed by atoms with Crippen LogP contribution < -0.4 is 20.3 Å². The van der Waals surface area contributed by atoms with E-state index in [1.54, 1.807) is 13.3 Å². The standard InChI is InChI=1S/C29H35N7O2/c1-7-28(37)31-23-17-24(27(38-6)18-26(23)36(8-2)16-15-34(3)4)33-29-30-14-13-22(32-29)21-19-35(5)25-12-10-9-11-20(21)25/h7,9-14,17-19H,1,8,15-16H2,2-6H3,(H,31,37)(H,30,32,33). The van der Waals surface area contributed by atoms with Crippen LogP contribution >= 0.6 is 0 Å². The number of amides is 1. The summed E-state index contributed by atoms with van der Waals surface area (Å²) in [6.45, 7) is 8.09. The minimum Gasteiger partial charge on any atom is -0.494 e. The van der Waals surface area contributed by atoms with Gasteiger partial charge in [-0.2, -0.15) is 0 Å². The average Bonchev–Trinajstić information content (AvgIpc) is 3.26. The number of methoxy groups -OCH3 is 1. The second kappa shape index (κ2) is 11.8. The topological polar surface area (TPSA) is 87.5 Å². The summed E-state index contributed by atoms with van der Waals surface area (Å²) in [6.07, 6.45) is 5.06. The molecule has 9 heteroatoms. The zero-order valence-electron chi connectivity index (χ0n) is 22.7. The highest BCUT2D eigenvalue weighted by Gasteiger charge is 2.18. The molecular weight excluding hydrogens is 478 g/mol. The van der Waals surface area contributed by atoms with E-state index >= 15 is 0 Å². The molecule has 0 atom stereocenters. The molecule has 4 aromatic rings. The molecule has 0 bridgehead atoms. The van der Waals surface area contributed by atoms with Crippen LogP contribution in [0.4, 0.5) is 23.0 Å². The van der Waals surface area contributed by atoms with Crippen molar-refractivity contribution in [3.05, 3.63) is 67.5 Å².